The van der Waals surface area contributed by atoms with E-state index in [1.54, 1.807) is 6.20 Å². The Morgan fingerprint density at radius 1 is 1.53 bits per heavy atom. The maximum absolute atomic E-state index is 11.8. The van der Waals surface area contributed by atoms with Crippen LogP contribution in [0.15, 0.2) is 12.4 Å². The fourth-order valence-electron chi connectivity index (χ4n) is 1.68. The molecule has 7 nitrogen and oxygen atoms in total. The molecule has 1 fully saturated rings. The predicted octanol–water partition coefficient (Wildman–Crippen LogP) is -0.984. The molecule has 1 aliphatic heterocycles. The van der Waals surface area contributed by atoms with Gasteiger partial charge in [-0.3, -0.25) is 5.10 Å². The van der Waals surface area contributed by atoms with Crippen molar-refractivity contribution in [2.45, 2.75) is 18.2 Å². The smallest absolute Gasteiger partial charge is 0.215 e. The zero-order valence-electron chi connectivity index (χ0n) is 8.96. The quantitative estimate of drug-likeness (QED) is 0.736. The van der Waals surface area contributed by atoms with Gasteiger partial charge in [0.05, 0.1) is 23.0 Å². The van der Waals surface area contributed by atoms with Gasteiger partial charge in [-0.1, -0.05) is 0 Å². The second-order valence-electron chi connectivity index (χ2n) is 4.00. The van der Waals surface area contributed by atoms with Gasteiger partial charge in [0.25, 0.3) is 0 Å². The lowest BCUT2D eigenvalue weighted by Gasteiger charge is -2.10. The van der Waals surface area contributed by atoms with Crippen LogP contribution < -0.4 is 4.72 Å². The zero-order valence-corrected chi connectivity index (χ0v) is 10.6. The van der Waals surface area contributed by atoms with Crippen molar-refractivity contribution in [3.8, 4) is 0 Å². The first-order chi connectivity index (χ1) is 7.89. The van der Waals surface area contributed by atoms with Gasteiger partial charge in [0.2, 0.25) is 10.0 Å². The number of sulfone groups is 1. The molecule has 0 aliphatic carbocycles. The van der Waals surface area contributed by atoms with E-state index in [1.807, 2.05) is 0 Å². The Morgan fingerprint density at radius 2 is 2.29 bits per heavy atom. The summed E-state index contributed by atoms with van der Waals surface area (Å²) in [7, 11) is -6.77. The second-order valence-corrected chi connectivity index (χ2v) is 8.27. The van der Waals surface area contributed by atoms with E-state index in [9.17, 15) is 16.8 Å². The highest BCUT2D eigenvalue weighted by Crippen LogP contribution is 2.18. The summed E-state index contributed by atoms with van der Waals surface area (Å²) in [4.78, 5) is 0. The zero-order chi connectivity index (χ0) is 12.5. The number of H-pyrrole nitrogens is 1. The van der Waals surface area contributed by atoms with Crippen LogP contribution in [0.4, 0.5) is 0 Å². The highest BCUT2D eigenvalue weighted by atomic mass is 32.2. The SMILES string of the molecule is O=S1(=O)CCC(S(=O)(=O)NCc2cn[nH]c2)C1. The van der Waals surface area contributed by atoms with Crippen LogP contribution in [0.3, 0.4) is 0 Å². The maximum Gasteiger partial charge on any atom is 0.215 e. The van der Waals surface area contributed by atoms with Crippen molar-refractivity contribution in [3.63, 3.8) is 0 Å². The lowest BCUT2D eigenvalue weighted by molar-refractivity contribution is 0.568. The summed E-state index contributed by atoms with van der Waals surface area (Å²) in [6.45, 7) is 0.120. The highest BCUT2D eigenvalue weighted by Gasteiger charge is 2.36. The first-order valence-corrected chi connectivity index (χ1v) is 8.42. The van der Waals surface area contributed by atoms with E-state index in [1.165, 1.54) is 6.20 Å². The normalized spacial score (nSPS) is 23.9. The van der Waals surface area contributed by atoms with Crippen LogP contribution >= 0.6 is 0 Å². The molecule has 0 radical (unpaired) electrons. The largest absolute Gasteiger partial charge is 0.285 e. The van der Waals surface area contributed by atoms with Gasteiger partial charge in [0.1, 0.15) is 0 Å². The third-order valence-corrected chi connectivity index (χ3v) is 6.47. The summed E-state index contributed by atoms with van der Waals surface area (Å²) >= 11 is 0. The molecule has 2 rings (SSSR count). The number of nitrogens with one attached hydrogen (secondary N) is 2. The molecule has 0 aromatic carbocycles. The molecule has 1 unspecified atom stereocenters. The molecule has 1 atom stereocenters. The molecular formula is C8H13N3O4S2. The van der Waals surface area contributed by atoms with E-state index in [2.05, 4.69) is 14.9 Å². The third kappa shape index (κ3) is 3.05. The number of nitrogens with zero attached hydrogens (tertiary/aromatic N) is 1. The van der Waals surface area contributed by atoms with Crippen molar-refractivity contribution in [2.24, 2.45) is 0 Å². The van der Waals surface area contributed by atoms with Crippen molar-refractivity contribution < 1.29 is 16.8 Å². The van der Waals surface area contributed by atoms with Gasteiger partial charge in [0.15, 0.2) is 9.84 Å². The van der Waals surface area contributed by atoms with Crippen molar-refractivity contribution in [2.75, 3.05) is 11.5 Å². The topological polar surface area (TPSA) is 109 Å². The molecule has 96 valence electrons. The summed E-state index contributed by atoms with van der Waals surface area (Å²) in [5.74, 6) is -0.335. The highest BCUT2D eigenvalue weighted by molar-refractivity contribution is 7.95. The van der Waals surface area contributed by atoms with Gasteiger partial charge >= 0.3 is 0 Å². The summed E-state index contributed by atoms with van der Waals surface area (Å²) in [6, 6.07) is 0. The molecule has 0 amide bonds. The van der Waals surface area contributed by atoms with Crippen molar-refractivity contribution in [1.82, 2.24) is 14.9 Å². The fourth-order valence-corrected chi connectivity index (χ4v) is 5.74. The molecule has 0 saturated carbocycles. The number of aromatic amines is 1. The average molecular weight is 279 g/mol. The van der Waals surface area contributed by atoms with Crippen LogP contribution in [0.5, 0.6) is 0 Å². The first-order valence-electron chi connectivity index (χ1n) is 5.06. The molecule has 2 heterocycles. The number of rotatable bonds is 4. The minimum atomic E-state index is -3.58. The van der Waals surface area contributed by atoms with E-state index in [4.69, 9.17) is 0 Å². The molecular weight excluding hydrogens is 266 g/mol. The van der Waals surface area contributed by atoms with Gasteiger partial charge < -0.3 is 0 Å². The van der Waals surface area contributed by atoms with E-state index >= 15 is 0 Å². The van der Waals surface area contributed by atoms with Crippen molar-refractivity contribution in [1.29, 1.82) is 0 Å². The Bertz CT molecular complexity index is 576. The molecule has 0 bridgehead atoms. The van der Waals surface area contributed by atoms with Gasteiger partial charge in [-0.15, -0.1) is 0 Å². The lowest BCUT2D eigenvalue weighted by Crippen LogP contribution is -2.34. The van der Waals surface area contributed by atoms with E-state index in [0.717, 1.165) is 0 Å². The molecule has 2 N–H and O–H groups in total. The van der Waals surface area contributed by atoms with Gasteiger partial charge in [-0.25, -0.2) is 21.6 Å². The Labute approximate surface area is 99.6 Å². The molecule has 9 heteroatoms. The molecule has 0 spiro atoms. The van der Waals surface area contributed by atoms with Crippen LogP contribution in [-0.4, -0.2) is 43.8 Å². The van der Waals surface area contributed by atoms with Gasteiger partial charge in [-0.2, -0.15) is 5.10 Å². The third-order valence-electron chi connectivity index (χ3n) is 2.66. The standard InChI is InChI=1S/C8H13N3O4S2/c12-16(13)2-1-8(6-16)17(14,15)11-5-7-3-9-10-4-7/h3-4,8,11H,1-2,5-6H2,(H,9,10). The van der Waals surface area contributed by atoms with E-state index in [-0.39, 0.29) is 24.5 Å². The van der Waals surface area contributed by atoms with Crippen LogP contribution in [0.2, 0.25) is 0 Å². The van der Waals surface area contributed by atoms with Gasteiger partial charge in [0, 0.05) is 18.3 Å². The number of sulfonamides is 1. The first kappa shape index (κ1) is 12.5. The fraction of sp³-hybridized carbons (Fsp3) is 0.625. The van der Waals surface area contributed by atoms with Crippen LogP contribution in [-0.2, 0) is 26.4 Å². The Balaban J connectivity index is 2.00. The average Bonchev–Trinajstić information content (AvgIpc) is 2.84. The number of hydrogen-bond donors (Lipinski definition) is 2. The summed E-state index contributed by atoms with van der Waals surface area (Å²) in [5, 5.41) is 5.42. The summed E-state index contributed by atoms with van der Waals surface area (Å²) in [6.07, 6.45) is 3.25. The number of aromatic nitrogens is 2. The number of hydrogen-bond acceptors (Lipinski definition) is 5. The molecule has 17 heavy (non-hydrogen) atoms. The summed E-state index contributed by atoms with van der Waals surface area (Å²) < 4.78 is 48.4. The van der Waals surface area contributed by atoms with E-state index in [0.29, 0.717) is 5.56 Å². The monoisotopic (exact) mass is 279 g/mol. The summed E-state index contributed by atoms with van der Waals surface area (Å²) in [5.41, 5.74) is 0.703. The second kappa shape index (κ2) is 4.39. The minimum Gasteiger partial charge on any atom is -0.285 e. The molecule has 1 aliphatic rings. The minimum absolute atomic E-state index is 0.0513. The Morgan fingerprint density at radius 3 is 2.82 bits per heavy atom. The predicted molar refractivity (Wildman–Crippen MR) is 61.4 cm³/mol. The van der Waals surface area contributed by atoms with Crippen LogP contribution in [0, 0.1) is 0 Å². The van der Waals surface area contributed by atoms with Crippen molar-refractivity contribution >= 4 is 19.9 Å². The van der Waals surface area contributed by atoms with E-state index < -0.39 is 25.1 Å². The van der Waals surface area contributed by atoms with Crippen molar-refractivity contribution in [3.05, 3.63) is 18.0 Å². The molecule has 1 aromatic heterocycles. The Kier molecular flexibility index (Phi) is 3.23. The van der Waals surface area contributed by atoms with Gasteiger partial charge in [-0.05, 0) is 6.42 Å². The van der Waals surface area contributed by atoms with Crippen LogP contribution in [0.25, 0.3) is 0 Å². The van der Waals surface area contributed by atoms with Crippen LogP contribution in [0.1, 0.15) is 12.0 Å². The molecule has 1 saturated heterocycles. The maximum atomic E-state index is 11.8. The molecule has 1 aromatic rings. The lowest BCUT2D eigenvalue weighted by atomic mass is 10.4. The Hall–Kier alpha value is -0.930.